The molecule has 0 radical (unpaired) electrons. The van der Waals surface area contributed by atoms with E-state index in [1.165, 1.54) is 58.2 Å². The molecule has 0 aromatic carbocycles. The summed E-state index contributed by atoms with van der Waals surface area (Å²) in [4.78, 5) is 2.63. The number of piperidine rings is 1. The van der Waals surface area contributed by atoms with Gasteiger partial charge in [0.15, 0.2) is 0 Å². The Morgan fingerprint density at radius 2 is 1.95 bits per heavy atom. The highest BCUT2D eigenvalue weighted by molar-refractivity contribution is 4.95. The second-order valence-corrected chi connectivity index (χ2v) is 7.88. The second kappa shape index (κ2) is 6.36. The summed E-state index contributed by atoms with van der Waals surface area (Å²) in [6, 6.07) is 1.43. The number of hydrogen-bond donors (Lipinski definition) is 1. The summed E-state index contributed by atoms with van der Waals surface area (Å²) in [5.41, 5.74) is 0. The van der Waals surface area contributed by atoms with Crippen LogP contribution < -0.4 is 5.32 Å². The molecule has 1 N–H and O–H groups in total. The molecular formula is C18H34N2. The second-order valence-electron chi connectivity index (χ2n) is 7.88. The highest BCUT2D eigenvalue weighted by atomic mass is 15.1. The van der Waals surface area contributed by atoms with Crippen LogP contribution in [-0.2, 0) is 0 Å². The maximum Gasteiger partial charge on any atom is 0.00818 e. The predicted octanol–water partition coefficient (Wildman–Crippen LogP) is 3.52. The molecule has 2 nitrogen and oxygen atoms in total. The van der Waals surface area contributed by atoms with Gasteiger partial charge in [-0.15, -0.1) is 0 Å². The third-order valence-electron chi connectivity index (χ3n) is 6.66. The fourth-order valence-electron chi connectivity index (χ4n) is 5.37. The van der Waals surface area contributed by atoms with Gasteiger partial charge in [-0.3, -0.25) is 0 Å². The summed E-state index contributed by atoms with van der Waals surface area (Å²) in [5, 5.41) is 3.99. The quantitative estimate of drug-likeness (QED) is 0.828. The minimum absolute atomic E-state index is 0.693. The Hall–Kier alpha value is -0.0800. The molecule has 2 saturated carbocycles. The van der Waals surface area contributed by atoms with Crippen LogP contribution in [0.2, 0.25) is 0 Å². The Morgan fingerprint density at radius 3 is 2.60 bits per heavy atom. The highest BCUT2D eigenvalue weighted by Crippen LogP contribution is 2.49. The molecule has 2 heteroatoms. The Balaban J connectivity index is 1.49. The van der Waals surface area contributed by atoms with Crippen LogP contribution in [-0.4, -0.2) is 36.6 Å². The lowest BCUT2D eigenvalue weighted by molar-refractivity contribution is 0.142. The van der Waals surface area contributed by atoms with Crippen molar-refractivity contribution in [3.8, 4) is 0 Å². The van der Waals surface area contributed by atoms with Gasteiger partial charge in [0, 0.05) is 18.6 Å². The van der Waals surface area contributed by atoms with Crippen molar-refractivity contribution in [2.75, 3.05) is 19.6 Å². The average molecular weight is 278 g/mol. The van der Waals surface area contributed by atoms with Gasteiger partial charge < -0.3 is 10.2 Å². The maximum absolute atomic E-state index is 3.99. The molecule has 0 spiro atoms. The fraction of sp³-hybridized carbons (Fsp3) is 1.00. The molecule has 2 aliphatic carbocycles. The fourth-order valence-corrected chi connectivity index (χ4v) is 5.37. The molecule has 3 rings (SSSR count). The Labute approximate surface area is 125 Å². The molecule has 2 bridgehead atoms. The van der Waals surface area contributed by atoms with Gasteiger partial charge in [-0.1, -0.05) is 13.3 Å². The van der Waals surface area contributed by atoms with Crippen molar-refractivity contribution in [1.29, 1.82) is 0 Å². The molecule has 0 amide bonds. The van der Waals surface area contributed by atoms with Crippen molar-refractivity contribution in [2.24, 2.45) is 23.7 Å². The van der Waals surface area contributed by atoms with Gasteiger partial charge in [-0.2, -0.15) is 0 Å². The SMILES string of the molecule is CCN1CCCC(C(C)NC(C)C2CC3CCC2C3)C1. The molecule has 1 saturated heterocycles. The highest BCUT2D eigenvalue weighted by Gasteiger charge is 2.42. The minimum atomic E-state index is 0.693. The third kappa shape index (κ3) is 3.06. The number of rotatable bonds is 5. The van der Waals surface area contributed by atoms with E-state index in [4.69, 9.17) is 0 Å². The minimum Gasteiger partial charge on any atom is -0.311 e. The normalized spacial score (nSPS) is 41.0. The van der Waals surface area contributed by atoms with E-state index in [0.29, 0.717) is 6.04 Å². The lowest BCUT2D eigenvalue weighted by atomic mass is 9.83. The summed E-state index contributed by atoms with van der Waals surface area (Å²) in [6.45, 7) is 11.1. The van der Waals surface area contributed by atoms with Crippen LogP contribution in [0.15, 0.2) is 0 Å². The standard InChI is InChI=1S/C18H34N2/c1-4-20-9-5-6-17(12-20)13(2)19-14(3)18-11-15-7-8-16(18)10-15/h13-19H,4-12H2,1-3H3. The lowest BCUT2D eigenvalue weighted by Gasteiger charge is -2.38. The Bertz CT molecular complexity index is 317. The van der Waals surface area contributed by atoms with E-state index in [2.05, 4.69) is 31.0 Å². The van der Waals surface area contributed by atoms with Crippen molar-refractivity contribution in [1.82, 2.24) is 10.2 Å². The number of hydrogen-bond acceptors (Lipinski definition) is 2. The molecule has 3 aliphatic rings. The van der Waals surface area contributed by atoms with Crippen molar-refractivity contribution in [2.45, 2.75) is 71.4 Å². The first-order chi connectivity index (χ1) is 9.67. The van der Waals surface area contributed by atoms with Gasteiger partial charge in [0.05, 0.1) is 0 Å². The first kappa shape index (κ1) is 14.8. The first-order valence-corrected chi connectivity index (χ1v) is 9.15. The molecule has 0 aromatic heterocycles. The summed E-state index contributed by atoms with van der Waals surface area (Å²) in [7, 11) is 0. The van der Waals surface area contributed by atoms with E-state index >= 15 is 0 Å². The Kier molecular flexibility index (Phi) is 4.72. The van der Waals surface area contributed by atoms with E-state index in [-0.39, 0.29) is 0 Å². The zero-order chi connectivity index (χ0) is 14.1. The largest absolute Gasteiger partial charge is 0.311 e. The molecule has 6 unspecified atom stereocenters. The van der Waals surface area contributed by atoms with E-state index in [0.717, 1.165) is 29.7 Å². The van der Waals surface area contributed by atoms with Gasteiger partial charge >= 0.3 is 0 Å². The maximum atomic E-state index is 3.99. The summed E-state index contributed by atoms with van der Waals surface area (Å²) >= 11 is 0. The molecule has 0 aromatic rings. The zero-order valence-electron chi connectivity index (χ0n) is 13.8. The van der Waals surface area contributed by atoms with Gasteiger partial charge in [0.2, 0.25) is 0 Å². The molecule has 1 heterocycles. The number of nitrogens with zero attached hydrogens (tertiary/aromatic N) is 1. The molecule has 6 atom stereocenters. The van der Waals surface area contributed by atoms with Crippen LogP contribution >= 0.6 is 0 Å². The van der Waals surface area contributed by atoms with E-state index in [1.54, 1.807) is 0 Å². The smallest absolute Gasteiger partial charge is 0.00818 e. The van der Waals surface area contributed by atoms with Crippen molar-refractivity contribution >= 4 is 0 Å². The average Bonchev–Trinajstić information content (AvgIpc) is 3.10. The molecule has 3 fully saturated rings. The van der Waals surface area contributed by atoms with E-state index in [1.807, 2.05) is 0 Å². The number of likely N-dealkylation sites (tertiary alicyclic amines) is 1. The van der Waals surface area contributed by atoms with Crippen LogP contribution in [0, 0.1) is 23.7 Å². The number of fused-ring (bicyclic) bond motifs is 2. The topological polar surface area (TPSA) is 15.3 Å². The molecule has 20 heavy (non-hydrogen) atoms. The molecule has 116 valence electrons. The number of nitrogens with one attached hydrogen (secondary N) is 1. The van der Waals surface area contributed by atoms with Crippen LogP contribution in [0.5, 0.6) is 0 Å². The van der Waals surface area contributed by atoms with E-state index in [9.17, 15) is 0 Å². The lowest BCUT2D eigenvalue weighted by Crippen LogP contribution is -2.49. The monoisotopic (exact) mass is 278 g/mol. The molecular weight excluding hydrogens is 244 g/mol. The predicted molar refractivity (Wildman–Crippen MR) is 85.8 cm³/mol. The van der Waals surface area contributed by atoms with Crippen molar-refractivity contribution < 1.29 is 0 Å². The summed E-state index contributed by atoms with van der Waals surface area (Å²) in [6.07, 6.45) is 8.91. The van der Waals surface area contributed by atoms with Gasteiger partial charge in [-0.25, -0.2) is 0 Å². The third-order valence-corrected chi connectivity index (χ3v) is 6.66. The zero-order valence-corrected chi connectivity index (χ0v) is 13.8. The van der Waals surface area contributed by atoms with Crippen molar-refractivity contribution in [3.63, 3.8) is 0 Å². The van der Waals surface area contributed by atoms with Gasteiger partial charge in [0.1, 0.15) is 0 Å². The summed E-state index contributed by atoms with van der Waals surface area (Å²) in [5.74, 6) is 3.97. The first-order valence-electron chi connectivity index (χ1n) is 9.15. The molecule has 1 aliphatic heterocycles. The summed E-state index contributed by atoms with van der Waals surface area (Å²) < 4.78 is 0. The van der Waals surface area contributed by atoms with Crippen LogP contribution in [0.1, 0.15) is 59.3 Å². The van der Waals surface area contributed by atoms with Crippen LogP contribution in [0.4, 0.5) is 0 Å². The van der Waals surface area contributed by atoms with Crippen molar-refractivity contribution in [3.05, 3.63) is 0 Å². The van der Waals surface area contributed by atoms with Gasteiger partial charge in [0.25, 0.3) is 0 Å². The van der Waals surface area contributed by atoms with Crippen LogP contribution in [0.25, 0.3) is 0 Å². The Morgan fingerprint density at radius 1 is 1.10 bits per heavy atom. The van der Waals surface area contributed by atoms with Crippen LogP contribution in [0.3, 0.4) is 0 Å². The van der Waals surface area contributed by atoms with Gasteiger partial charge in [-0.05, 0) is 82.7 Å². The van der Waals surface area contributed by atoms with E-state index < -0.39 is 0 Å².